The van der Waals surface area contributed by atoms with Gasteiger partial charge in [-0.3, -0.25) is 4.99 Å². The third-order valence-electron chi connectivity index (χ3n) is 5.65. The Morgan fingerprint density at radius 3 is 2.65 bits per heavy atom. The highest BCUT2D eigenvalue weighted by Crippen LogP contribution is 2.20. The van der Waals surface area contributed by atoms with Crippen LogP contribution in [0.2, 0.25) is 0 Å². The summed E-state index contributed by atoms with van der Waals surface area (Å²) in [5.41, 5.74) is 2.32. The molecule has 0 aromatic heterocycles. The summed E-state index contributed by atoms with van der Waals surface area (Å²) in [4.78, 5) is 6.96. The van der Waals surface area contributed by atoms with Gasteiger partial charge in [0.05, 0.1) is 6.61 Å². The number of aryl methyl sites for hydroxylation is 1. The van der Waals surface area contributed by atoms with Gasteiger partial charge < -0.3 is 25.0 Å². The van der Waals surface area contributed by atoms with Gasteiger partial charge in [0.25, 0.3) is 0 Å². The number of nitrogens with one attached hydrogen (secondary N) is 2. The lowest BCUT2D eigenvalue weighted by atomic mass is 9.99. The van der Waals surface area contributed by atoms with Gasteiger partial charge in [0.15, 0.2) is 5.96 Å². The Hall–Kier alpha value is -1.06. The van der Waals surface area contributed by atoms with Gasteiger partial charge in [0, 0.05) is 32.3 Å². The fourth-order valence-electron chi connectivity index (χ4n) is 3.65. The highest BCUT2D eigenvalue weighted by molar-refractivity contribution is 14.0. The van der Waals surface area contributed by atoms with Gasteiger partial charge in [-0.25, -0.2) is 0 Å². The second kappa shape index (κ2) is 16.6. The molecule has 1 aromatic carbocycles. The number of nitrogens with zero attached hydrogens (tertiary/aromatic N) is 2. The maximum atomic E-state index is 5.93. The molecule has 0 spiro atoms. The molecule has 1 fully saturated rings. The van der Waals surface area contributed by atoms with E-state index in [1.165, 1.54) is 44.5 Å². The van der Waals surface area contributed by atoms with Gasteiger partial charge in [0.1, 0.15) is 12.4 Å². The predicted molar refractivity (Wildman–Crippen MR) is 141 cm³/mol. The minimum absolute atomic E-state index is 0. The molecule has 6 nitrogen and oxygen atoms in total. The molecule has 1 heterocycles. The molecular weight excluding hydrogens is 503 g/mol. The number of guanidine groups is 1. The first-order chi connectivity index (χ1) is 14.6. The molecule has 0 aliphatic carbocycles. The molecule has 1 aromatic rings. The third-order valence-corrected chi connectivity index (χ3v) is 5.65. The van der Waals surface area contributed by atoms with Crippen molar-refractivity contribution in [3.8, 4) is 5.75 Å². The second-order valence-electron chi connectivity index (χ2n) is 8.24. The first-order valence-electron chi connectivity index (χ1n) is 11.6. The summed E-state index contributed by atoms with van der Waals surface area (Å²) >= 11 is 0. The van der Waals surface area contributed by atoms with Gasteiger partial charge in [-0.1, -0.05) is 19.1 Å². The lowest BCUT2D eigenvalue weighted by Gasteiger charge is -2.30. The van der Waals surface area contributed by atoms with E-state index in [1.807, 2.05) is 14.0 Å². The van der Waals surface area contributed by atoms with E-state index in [1.54, 1.807) is 0 Å². The van der Waals surface area contributed by atoms with Gasteiger partial charge in [-0.05, 0) is 76.7 Å². The summed E-state index contributed by atoms with van der Waals surface area (Å²) in [7, 11) is 1.82. The zero-order valence-corrected chi connectivity index (χ0v) is 22.2. The van der Waals surface area contributed by atoms with Crippen LogP contribution in [0.1, 0.15) is 50.7 Å². The monoisotopic (exact) mass is 546 g/mol. The number of likely N-dealkylation sites (tertiary alicyclic amines) is 1. The van der Waals surface area contributed by atoms with Gasteiger partial charge in [-0.15, -0.1) is 24.0 Å². The average molecular weight is 547 g/mol. The molecule has 0 amide bonds. The van der Waals surface area contributed by atoms with Crippen LogP contribution in [-0.2, 0) is 11.3 Å². The quantitative estimate of drug-likeness (QED) is 0.178. The normalized spacial score (nSPS) is 15.4. The molecule has 0 saturated carbocycles. The molecule has 31 heavy (non-hydrogen) atoms. The van der Waals surface area contributed by atoms with Crippen molar-refractivity contribution in [1.29, 1.82) is 0 Å². The Morgan fingerprint density at radius 2 is 1.94 bits per heavy atom. The molecule has 1 aliphatic heterocycles. The minimum atomic E-state index is 0. The van der Waals surface area contributed by atoms with Crippen molar-refractivity contribution >= 4 is 29.9 Å². The number of hydrogen-bond acceptors (Lipinski definition) is 4. The lowest BCUT2D eigenvalue weighted by Crippen LogP contribution is -2.38. The Balaban J connectivity index is 0.00000480. The van der Waals surface area contributed by atoms with Crippen LogP contribution in [0.3, 0.4) is 0 Å². The Bertz CT molecular complexity index is 634. The van der Waals surface area contributed by atoms with E-state index >= 15 is 0 Å². The van der Waals surface area contributed by atoms with Gasteiger partial charge in [-0.2, -0.15) is 0 Å². The van der Waals surface area contributed by atoms with Crippen molar-refractivity contribution in [3.63, 3.8) is 0 Å². The standard InChI is InChI=1S/C24H42N4O2.HI/c1-5-29-16-17-30-23-18-21(3)8-9-22(23)19-27-24(25-4)26-12-6-7-13-28-14-10-20(2)11-15-28;/h8-9,18,20H,5-7,10-17,19H2,1-4H3,(H2,25,26,27);1H. The average Bonchev–Trinajstić information content (AvgIpc) is 2.75. The maximum Gasteiger partial charge on any atom is 0.191 e. The molecule has 0 bridgehead atoms. The maximum absolute atomic E-state index is 5.93. The molecule has 2 rings (SSSR count). The van der Waals surface area contributed by atoms with Crippen LogP contribution in [0.5, 0.6) is 5.75 Å². The molecule has 0 atom stereocenters. The smallest absolute Gasteiger partial charge is 0.191 e. The van der Waals surface area contributed by atoms with E-state index in [-0.39, 0.29) is 24.0 Å². The van der Waals surface area contributed by atoms with Gasteiger partial charge in [0.2, 0.25) is 0 Å². The number of piperidine rings is 1. The minimum Gasteiger partial charge on any atom is -0.491 e. The lowest BCUT2D eigenvalue weighted by molar-refractivity contribution is 0.110. The van der Waals surface area contributed by atoms with E-state index in [9.17, 15) is 0 Å². The number of benzene rings is 1. The number of rotatable bonds is 12. The number of unbranched alkanes of at least 4 members (excludes halogenated alkanes) is 1. The van der Waals surface area contributed by atoms with Crippen LogP contribution in [0.4, 0.5) is 0 Å². The summed E-state index contributed by atoms with van der Waals surface area (Å²) in [6.45, 7) is 13.7. The van der Waals surface area contributed by atoms with E-state index < -0.39 is 0 Å². The van der Waals surface area contributed by atoms with Crippen LogP contribution >= 0.6 is 24.0 Å². The number of ether oxygens (including phenoxy) is 2. The van der Waals surface area contributed by atoms with E-state index in [4.69, 9.17) is 9.47 Å². The first kappa shape index (κ1) is 28.0. The first-order valence-corrected chi connectivity index (χ1v) is 11.6. The molecule has 0 radical (unpaired) electrons. The topological polar surface area (TPSA) is 58.1 Å². The third kappa shape index (κ3) is 11.4. The molecule has 2 N–H and O–H groups in total. The van der Waals surface area contributed by atoms with Crippen LogP contribution in [0.15, 0.2) is 23.2 Å². The van der Waals surface area contributed by atoms with Crippen molar-refractivity contribution in [2.45, 2.75) is 53.0 Å². The van der Waals surface area contributed by atoms with E-state index in [0.717, 1.165) is 36.2 Å². The molecule has 178 valence electrons. The predicted octanol–water partition coefficient (Wildman–Crippen LogP) is 4.21. The van der Waals surface area contributed by atoms with Crippen molar-refractivity contribution in [2.75, 3.05) is 53.0 Å². The second-order valence-corrected chi connectivity index (χ2v) is 8.24. The van der Waals surface area contributed by atoms with Crippen LogP contribution in [0.25, 0.3) is 0 Å². The summed E-state index contributed by atoms with van der Waals surface area (Å²) < 4.78 is 11.3. The van der Waals surface area contributed by atoms with Crippen LogP contribution in [0, 0.1) is 12.8 Å². The summed E-state index contributed by atoms with van der Waals surface area (Å²) in [6, 6.07) is 6.32. The Morgan fingerprint density at radius 1 is 1.16 bits per heavy atom. The van der Waals surface area contributed by atoms with Crippen LogP contribution in [-0.4, -0.2) is 63.9 Å². The van der Waals surface area contributed by atoms with Crippen molar-refractivity contribution in [1.82, 2.24) is 15.5 Å². The van der Waals surface area contributed by atoms with Crippen LogP contribution < -0.4 is 15.4 Å². The summed E-state index contributed by atoms with van der Waals surface area (Å²) in [5, 5.41) is 6.84. The molecule has 1 aliphatic rings. The van der Waals surface area contributed by atoms with Crippen molar-refractivity contribution in [2.24, 2.45) is 10.9 Å². The highest BCUT2D eigenvalue weighted by Gasteiger charge is 2.14. The SMILES string of the molecule is CCOCCOc1cc(C)ccc1CNC(=NC)NCCCCN1CCC(C)CC1.I. The summed E-state index contributed by atoms with van der Waals surface area (Å²) in [6.07, 6.45) is 5.09. The zero-order chi connectivity index (χ0) is 21.6. The molecular formula is C24H43IN4O2. The molecule has 1 saturated heterocycles. The Kier molecular flexibility index (Phi) is 14.9. The van der Waals surface area contributed by atoms with E-state index in [0.29, 0.717) is 26.4 Å². The van der Waals surface area contributed by atoms with Gasteiger partial charge >= 0.3 is 0 Å². The molecule has 7 heteroatoms. The fourth-order valence-corrected chi connectivity index (χ4v) is 3.65. The number of halogens is 1. The van der Waals surface area contributed by atoms with E-state index in [2.05, 4.69) is 52.6 Å². The largest absolute Gasteiger partial charge is 0.491 e. The number of aliphatic imine (C=N–C) groups is 1. The van der Waals surface area contributed by atoms with Crippen molar-refractivity contribution < 1.29 is 9.47 Å². The fraction of sp³-hybridized carbons (Fsp3) is 0.708. The molecule has 0 unspecified atom stereocenters. The highest BCUT2D eigenvalue weighted by atomic mass is 127. The summed E-state index contributed by atoms with van der Waals surface area (Å²) in [5.74, 6) is 2.65. The number of hydrogen-bond donors (Lipinski definition) is 2. The van der Waals surface area contributed by atoms with Crippen molar-refractivity contribution in [3.05, 3.63) is 29.3 Å². The zero-order valence-electron chi connectivity index (χ0n) is 19.9. The Labute approximate surface area is 206 Å².